The van der Waals surface area contributed by atoms with Gasteiger partial charge in [-0.05, 0) is 38.4 Å². The average Bonchev–Trinajstić information content (AvgIpc) is 2.87. The van der Waals surface area contributed by atoms with Crippen LogP contribution in [0, 0.1) is 0 Å². The summed E-state index contributed by atoms with van der Waals surface area (Å²) in [6.45, 7) is 0.974. The third kappa shape index (κ3) is 2.05. The maximum atomic E-state index is 13.0. The minimum absolute atomic E-state index is 0.242. The number of halogens is 1. The maximum Gasteiger partial charge on any atom is 0.336 e. The van der Waals surface area contributed by atoms with Crippen LogP contribution in [0.2, 0.25) is 5.02 Å². The Balaban J connectivity index is 2.21. The molecule has 24 heavy (non-hydrogen) atoms. The number of hydrogen-bond acceptors (Lipinski definition) is 3. The number of rotatable bonds is 3. The quantitative estimate of drug-likeness (QED) is 0.575. The summed E-state index contributed by atoms with van der Waals surface area (Å²) in [5.41, 5.74) is 0.900. The van der Waals surface area contributed by atoms with Gasteiger partial charge in [0.2, 0.25) is 0 Å². The van der Waals surface area contributed by atoms with Gasteiger partial charge in [0.1, 0.15) is 0 Å². The van der Waals surface area contributed by atoms with Gasteiger partial charge in [-0.1, -0.05) is 23.7 Å². The second kappa shape index (κ2) is 5.33. The third-order valence-corrected chi connectivity index (χ3v) is 4.65. The zero-order valence-electron chi connectivity index (χ0n) is 13.4. The van der Waals surface area contributed by atoms with Crippen molar-refractivity contribution in [3.63, 3.8) is 0 Å². The van der Waals surface area contributed by atoms with Gasteiger partial charge in [0.15, 0.2) is 0 Å². The van der Waals surface area contributed by atoms with Gasteiger partial charge in [-0.2, -0.15) is 0 Å². The normalized spacial score (nSPS) is 12.2. The zero-order valence-corrected chi connectivity index (χ0v) is 14.2. The minimum Gasteiger partial charge on any atom is -0.308 e. The van der Waals surface area contributed by atoms with E-state index in [1.165, 1.54) is 4.57 Å². The molecule has 0 amide bonds. The van der Waals surface area contributed by atoms with E-state index in [1.807, 2.05) is 43.3 Å². The second-order valence-corrected chi connectivity index (χ2v) is 6.68. The molecule has 2 heterocycles. The molecule has 4 aromatic rings. The number of benzene rings is 2. The largest absolute Gasteiger partial charge is 0.336 e. The fraction of sp³-hybridized carbons (Fsp3) is 0.222. The lowest BCUT2D eigenvalue weighted by atomic mass is 10.1. The highest BCUT2D eigenvalue weighted by molar-refractivity contribution is 6.32. The number of likely N-dealkylation sites (N-methyl/N-ethyl adjacent to an activating group) is 1. The molecule has 2 aromatic carbocycles. The summed E-state index contributed by atoms with van der Waals surface area (Å²) in [6.07, 6.45) is 0. The van der Waals surface area contributed by atoms with Gasteiger partial charge in [0.25, 0.3) is 5.56 Å². The van der Waals surface area contributed by atoms with E-state index in [9.17, 15) is 9.59 Å². The van der Waals surface area contributed by atoms with E-state index in [4.69, 9.17) is 11.6 Å². The topological polar surface area (TPSA) is 46.7 Å². The lowest BCUT2D eigenvalue weighted by Gasteiger charge is -2.12. The van der Waals surface area contributed by atoms with E-state index < -0.39 is 0 Å². The first kappa shape index (κ1) is 15.2. The van der Waals surface area contributed by atoms with Crippen molar-refractivity contribution in [1.82, 2.24) is 13.9 Å². The van der Waals surface area contributed by atoms with Crippen LogP contribution in [-0.4, -0.2) is 34.5 Å². The van der Waals surface area contributed by atoms with E-state index in [0.29, 0.717) is 29.0 Å². The first-order valence-electron chi connectivity index (χ1n) is 7.72. The first-order chi connectivity index (χ1) is 11.5. The van der Waals surface area contributed by atoms with Crippen molar-refractivity contribution in [2.24, 2.45) is 0 Å². The SMILES string of the molecule is CN(C)CCn1c(=O)c2cccc3c4cc(Cl)ccc4n(c1=O)c23. The molecule has 5 nitrogen and oxygen atoms in total. The highest BCUT2D eigenvalue weighted by atomic mass is 35.5. The predicted octanol–water partition coefficient (Wildman–Crippen LogP) is 2.42. The Bertz CT molecular complexity index is 1190. The molecular weight excluding hydrogens is 326 g/mol. The molecule has 0 bridgehead atoms. The number of hydrogen-bond donors (Lipinski definition) is 0. The standard InChI is InChI=1S/C18H16ClN3O2/c1-20(2)8-9-21-17(23)13-5-3-4-12-14-10-11(19)6-7-15(14)22(16(12)13)18(21)24/h3-7,10H,8-9H2,1-2H3. The van der Waals surface area contributed by atoms with Crippen molar-refractivity contribution in [3.05, 3.63) is 62.3 Å². The monoisotopic (exact) mass is 341 g/mol. The lowest BCUT2D eigenvalue weighted by molar-refractivity contribution is 0.376. The fourth-order valence-corrected chi connectivity index (χ4v) is 3.43. The molecule has 0 saturated heterocycles. The number of fused-ring (bicyclic) bond motifs is 3. The zero-order chi connectivity index (χ0) is 17.0. The molecule has 0 aliphatic heterocycles. The van der Waals surface area contributed by atoms with Gasteiger partial charge in [-0.25, -0.2) is 4.79 Å². The van der Waals surface area contributed by atoms with Crippen molar-refractivity contribution in [2.45, 2.75) is 6.54 Å². The molecule has 4 rings (SSSR count). The van der Waals surface area contributed by atoms with Crippen molar-refractivity contribution < 1.29 is 0 Å². The summed E-state index contributed by atoms with van der Waals surface area (Å²) in [7, 11) is 3.83. The van der Waals surface area contributed by atoms with Crippen LogP contribution in [0.4, 0.5) is 0 Å². The fourth-order valence-electron chi connectivity index (χ4n) is 3.26. The summed E-state index contributed by atoms with van der Waals surface area (Å²) >= 11 is 6.13. The maximum absolute atomic E-state index is 13.0. The van der Waals surface area contributed by atoms with Crippen LogP contribution in [0.1, 0.15) is 0 Å². The number of para-hydroxylation sites is 1. The Hall–Kier alpha value is -2.37. The molecule has 0 aliphatic rings. The Morgan fingerprint density at radius 3 is 2.54 bits per heavy atom. The molecule has 0 N–H and O–H groups in total. The molecular formula is C18H16ClN3O2. The van der Waals surface area contributed by atoms with E-state index in [1.54, 1.807) is 16.5 Å². The van der Waals surface area contributed by atoms with Crippen LogP contribution in [0.15, 0.2) is 46.0 Å². The van der Waals surface area contributed by atoms with Crippen LogP contribution in [0.25, 0.3) is 27.2 Å². The summed E-state index contributed by atoms with van der Waals surface area (Å²) in [4.78, 5) is 27.8. The van der Waals surface area contributed by atoms with Gasteiger partial charge in [0.05, 0.1) is 16.4 Å². The predicted molar refractivity (Wildman–Crippen MR) is 97.7 cm³/mol. The Morgan fingerprint density at radius 2 is 1.79 bits per heavy atom. The van der Waals surface area contributed by atoms with Crippen LogP contribution < -0.4 is 11.2 Å². The summed E-state index contributed by atoms with van der Waals surface area (Å²) < 4.78 is 2.95. The molecule has 0 spiro atoms. The van der Waals surface area contributed by atoms with Crippen molar-refractivity contribution >= 4 is 38.8 Å². The molecule has 2 aromatic heterocycles. The Labute approximate surface area is 142 Å². The molecule has 0 aliphatic carbocycles. The third-order valence-electron chi connectivity index (χ3n) is 4.42. The van der Waals surface area contributed by atoms with Crippen molar-refractivity contribution in [1.29, 1.82) is 0 Å². The van der Waals surface area contributed by atoms with Crippen LogP contribution in [-0.2, 0) is 6.54 Å². The van der Waals surface area contributed by atoms with E-state index in [2.05, 4.69) is 0 Å². The van der Waals surface area contributed by atoms with E-state index in [-0.39, 0.29) is 11.2 Å². The molecule has 122 valence electrons. The van der Waals surface area contributed by atoms with Crippen molar-refractivity contribution in [2.75, 3.05) is 20.6 Å². The van der Waals surface area contributed by atoms with E-state index >= 15 is 0 Å². The van der Waals surface area contributed by atoms with Gasteiger partial charge in [-0.15, -0.1) is 0 Å². The number of aromatic nitrogens is 2. The molecule has 0 saturated carbocycles. The molecule has 6 heteroatoms. The first-order valence-corrected chi connectivity index (χ1v) is 8.10. The Morgan fingerprint density at radius 1 is 1.04 bits per heavy atom. The molecule has 0 unspecified atom stereocenters. The van der Waals surface area contributed by atoms with Crippen LogP contribution in [0.5, 0.6) is 0 Å². The Kier molecular flexibility index (Phi) is 3.37. The molecule has 0 fully saturated rings. The second-order valence-electron chi connectivity index (χ2n) is 6.24. The van der Waals surface area contributed by atoms with Crippen molar-refractivity contribution in [3.8, 4) is 0 Å². The summed E-state index contributed by atoms with van der Waals surface area (Å²) in [5.74, 6) is 0. The van der Waals surface area contributed by atoms with Gasteiger partial charge in [-0.3, -0.25) is 13.8 Å². The molecule has 0 radical (unpaired) electrons. The van der Waals surface area contributed by atoms with Gasteiger partial charge >= 0.3 is 5.69 Å². The highest BCUT2D eigenvalue weighted by Gasteiger charge is 2.18. The lowest BCUT2D eigenvalue weighted by Crippen LogP contribution is -2.39. The van der Waals surface area contributed by atoms with Crippen LogP contribution >= 0.6 is 11.6 Å². The molecule has 0 atom stereocenters. The van der Waals surface area contributed by atoms with E-state index in [0.717, 1.165) is 16.3 Å². The minimum atomic E-state index is -0.303. The number of nitrogens with zero attached hydrogens (tertiary/aromatic N) is 3. The average molecular weight is 342 g/mol. The summed E-state index contributed by atoms with van der Waals surface area (Å²) in [5, 5.41) is 2.92. The van der Waals surface area contributed by atoms with Gasteiger partial charge < -0.3 is 4.90 Å². The smallest absolute Gasteiger partial charge is 0.308 e. The van der Waals surface area contributed by atoms with Crippen LogP contribution in [0.3, 0.4) is 0 Å². The highest BCUT2D eigenvalue weighted by Crippen LogP contribution is 2.30. The summed E-state index contributed by atoms with van der Waals surface area (Å²) in [6, 6.07) is 11.0. The van der Waals surface area contributed by atoms with Gasteiger partial charge in [0, 0.05) is 28.9 Å².